The monoisotopic (exact) mass is 412 g/mol. The number of carbonyl (C=O) groups is 1. The van der Waals surface area contributed by atoms with Crippen LogP contribution in [0, 0.1) is 0 Å². The summed E-state index contributed by atoms with van der Waals surface area (Å²) >= 11 is 0. The maximum absolute atomic E-state index is 13.1. The maximum Gasteiger partial charge on any atom is 0.411 e. The van der Waals surface area contributed by atoms with Crippen LogP contribution in [0.25, 0.3) is 6.08 Å². The van der Waals surface area contributed by atoms with Crippen LogP contribution < -0.4 is 5.32 Å². The van der Waals surface area contributed by atoms with Gasteiger partial charge in [0.05, 0.1) is 6.04 Å². The third kappa shape index (κ3) is 4.36. The molecule has 2 fully saturated rings. The number of rotatable bonds is 5. The highest BCUT2D eigenvalue weighted by Crippen LogP contribution is 2.34. The zero-order valence-corrected chi connectivity index (χ0v) is 16.8. The molecule has 0 aliphatic carbocycles. The summed E-state index contributed by atoms with van der Waals surface area (Å²) in [6, 6.07) is 18.4. The van der Waals surface area contributed by atoms with Gasteiger partial charge in [0.2, 0.25) is 0 Å². The normalized spacial score (nSPS) is 24.0. The van der Waals surface area contributed by atoms with Gasteiger partial charge in [-0.15, -0.1) is 0 Å². The Morgan fingerprint density at radius 2 is 1.79 bits per heavy atom. The first kappa shape index (κ1) is 19.7. The van der Waals surface area contributed by atoms with E-state index in [1.807, 2.05) is 60.7 Å². The highest BCUT2D eigenvalue weighted by atomic mass is 32.2. The Hall–Kier alpha value is -2.64. The molecule has 2 aromatic rings. The SMILES string of the molecule is O=C(OCc1ccccc1)N1C2CCNC2CC1S(=O)(=O)/C=C/c1ccccc1. The fourth-order valence-electron chi connectivity index (χ4n) is 4.04. The van der Waals surface area contributed by atoms with Crippen LogP contribution in [0.1, 0.15) is 24.0 Å². The van der Waals surface area contributed by atoms with Crippen molar-refractivity contribution in [2.45, 2.75) is 36.9 Å². The van der Waals surface area contributed by atoms with Gasteiger partial charge in [-0.1, -0.05) is 60.7 Å². The first-order valence-corrected chi connectivity index (χ1v) is 11.3. The molecule has 4 rings (SSSR count). The highest BCUT2D eigenvalue weighted by Gasteiger charge is 2.51. The Balaban J connectivity index is 1.53. The third-order valence-corrected chi connectivity index (χ3v) is 7.17. The van der Waals surface area contributed by atoms with E-state index < -0.39 is 21.3 Å². The van der Waals surface area contributed by atoms with Crippen molar-refractivity contribution >= 4 is 22.0 Å². The standard InChI is InChI=1S/C22H24N2O4S/c25-22(28-16-18-9-5-2-6-10-18)24-20-11-13-23-19(20)15-21(24)29(26,27)14-12-17-7-3-1-4-8-17/h1-10,12,14,19-21,23H,11,13,15-16H2/b14-12+. The number of amides is 1. The summed E-state index contributed by atoms with van der Waals surface area (Å²) in [7, 11) is -3.67. The number of benzene rings is 2. The zero-order chi connectivity index (χ0) is 20.3. The van der Waals surface area contributed by atoms with Crippen LogP contribution in [0.3, 0.4) is 0 Å². The first-order valence-electron chi connectivity index (χ1n) is 9.74. The molecule has 2 saturated heterocycles. The van der Waals surface area contributed by atoms with Crippen molar-refractivity contribution in [1.29, 1.82) is 0 Å². The van der Waals surface area contributed by atoms with Gasteiger partial charge < -0.3 is 10.1 Å². The summed E-state index contributed by atoms with van der Waals surface area (Å²) in [4.78, 5) is 14.3. The van der Waals surface area contributed by atoms with Crippen LogP contribution in [0.2, 0.25) is 0 Å². The fraction of sp³-hybridized carbons (Fsp3) is 0.318. The van der Waals surface area contributed by atoms with E-state index in [1.54, 1.807) is 6.08 Å². The molecule has 2 heterocycles. The quantitative estimate of drug-likeness (QED) is 0.816. The molecule has 2 aromatic carbocycles. The summed E-state index contributed by atoms with van der Waals surface area (Å²) in [5, 5.41) is 3.61. The minimum atomic E-state index is -3.67. The van der Waals surface area contributed by atoms with Crippen LogP contribution in [-0.4, -0.2) is 43.4 Å². The van der Waals surface area contributed by atoms with Crippen LogP contribution in [0.4, 0.5) is 4.79 Å². The molecule has 0 bridgehead atoms. The Labute approximate surface area is 171 Å². The molecule has 152 valence electrons. The summed E-state index contributed by atoms with van der Waals surface area (Å²) in [6.45, 7) is 0.887. The number of sulfone groups is 1. The molecule has 2 aliphatic heterocycles. The molecule has 3 atom stereocenters. The van der Waals surface area contributed by atoms with Crippen molar-refractivity contribution in [3.8, 4) is 0 Å². The molecule has 1 amide bonds. The third-order valence-electron chi connectivity index (χ3n) is 5.48. The maximum atomic E-state index is 13.1. The zero-order valence-electron chi connectivity index (χ0n) is 16.0. The molecule has 7 heteroatoms. The second kappa shape index (κ2) is 8.39. The van der Waals surface area contributed by atoms with Crippen LogP contribution in [0.15, 0.2) is 66.1 Å². The topological polar surface area (TPSA) is 75.7 Å². The molecule has 1 N–H and O–H groups in total. The number of nitrogens with one attached hydrogen (secondary N) is 1. The number of carbonyl (C=O) groups excluding carboxylic acids is 1. The average Bonchev–Trinajstić information content (AvgIpc) is 3.34. The molecular weight excluding hydrogens is 388 g/mol. The number of hydrogen-bond donors (Lipinski definition) is 1. The van der Waals surface area contributed by atoms with Gasteiger partial charge in [0.15, 0.2) is 9.84 Å². The minimum Gasteiger partial charge on any atom is -0.445 e. The molecule has 29 heavy (non-hydrogen) atoms. The van der Waals surface area contributed by atoms with Crippen molar-refractivity contribution in [2.75, 3.05) is 6.54 Å². The summed E-state index contributed by atoms with van der Waals surface area (Å²) in [5.41, 5.74) is 1.66. The molecule has 0 radical (unpaired) electrons. The molecule has 0 saturated carbocycles. The van der Waals surface area contributed by atoms with E-state index in [0.717, 1.165) is 24.1 Å². The van der Waals surface area contributed by atoms with Crippen molar-refractivity contribution in [1.82, 2.24) is 10.2 Å². The van der Waals surface area contributed by atoms with Crippen LogP contribution >= 0.6 is 0 Å². The number of hydrogen-bond acceptors (Lipinski definition) is 5. The lowest BCUT2D eigenvalue weighted by atomic mass is 10.1. The van der Waals surface area contributed by atoms with Gasteiger partial charge in [-0.25, -0.2) is 13.2 Å². The number of fused-ring (bicyclic) bond motifs is 1. The Kier molecular flexibility index (Phi) is 5.69. The van der Waals surface area contributed by atoms with Crippen molar-refractivity contribution < 1.29 is 17.9 Å². The van der Waals surface area contributed by atoms with E-state index in [4.69, 9.17) is 4.74 Å². The Bertz CT molecular complexity index is 976. The number of ether oxygens (including phenoxy) is 1. The van der Waals surface area contributed by atoms with E-state index in [0.29, 0.717) is 6.42 Å². The molecule has 0 aromatic heterocycles. The Morgan fingerprint density at radius 1 is 1.10 bits per heavy atom. The second-order valence-electron chi connectivity index (χ2n) is 7.36. The molecular formula is C22H24N2O4S. The summed E-state index contributed by atoms with van der Waals surface area (Å²) < 4.78 is 31.6. The van der Waals surface area contributed by atoms with Gasteiger partial charge in [0.25, 0.3) is 0 Å². The lowest BCUT2D eigenvalue weighted by Crippen LogP contribution is -2.45. The lowest BCUT2D eigenvalue weighted by molar-refractivity contribution is 0.0877. The van der Waals surface area contributed by atoms with Gasteiger partial charge >= 0.3 is 6.09 Å². The van der Waals surface area contributed by atoms with Crippen molar-refractivity contribution in [2.24, 2.45) is 0 Å². The smallest absolute Gasteiger partial charge is 0.411 e. The number of likely N-dealkylation sites (tertiary alicyclic amines) is 1. The Morgan fingerprint density at radius 3 is 2.52 bits per heavy atom. The van der Waals surface area contributed by atoms with Crippen molar-refractivity contribution in [3.63, 3.8) is 0 Å². The molecule has 0 spiro atoms. The summed E-state index contributed by atoms with van der Waals surface area (Å²) in [6.07, 6.45) is 2.09. The van der Waals surface area contributed by atoms with Gasteiger partial charge in [0, 0.05) is 17.9 Å². The predicted octanol–water partition coefficient (Wildman–Crippen LogP) is 3.17. The van der Waals surface area contributed by atoms with E-state index >= 15 is 0 Å². The lowest BCUT2D eigenvalue weighted by Gasteiger charge is -2.27. The van der Waals surface area contributed by atoms with E-state index in [-0.39, 0.29) is 18.7 Å². The number of nitrogens with zero attached hydrogens (tertiary/aromatic N) is 1. The van der Waals surface area contributed by atoms with Crippen LogP contribution in [0.5, 0.6) is 0 Å². The van der Waals surface area contributed by atoms with Gasteiger partial charge in [-0.2, -0.15) is 0 Å². The van der Waals surface area contributed by atoms with Crippen molar-refractivity contribution in [3.05, 3.63) is 77.2 Å². The molecule has 6 nitrogen and oxygen atoms in total. The molecule has 3 unspecified atom stereocenters. The fourth-order valence-corrected chi connectivity index (χ4v) is 5.60. The largest absolute Gasteiger partial charge is 0.445 e. The van der Waals surface area contributed by atoms with E-state index in [2.05, 4.69) is 5.32 Å². The van der Waals surface area contributed by atoms with Gasteiger partial charge in [-0.05, 0) is 30.2 Å². The average molecular weight is 413 g/mol. The summed E-state index contributed by atoms with van der Waals surface area (Å²) in [5.74, 6) is 0. The van der Waals surface area contributed by atoms with Gasteiger partial charge in [0.1, 0.15) is 12.0 Å². The van der Waals surface area contributed by atoms with E-state index in [1.165, 1.54) is 10.3 Å². The van der Waals surface area contributed by atoms with E-state index in [9.17, 15) is 13.2 Å². The van der Waals surface area contributed by atoms with Gasteiger partial charge in [-0.3, -0.25) is 4.90 Å². The predicted molar refractivity (Wildman–Crippen MR) is 111 cm³/mol. The minimum absolute atomic E-state index is 0.0239. The van der Waals surface area contributed by atoms with Crippen LogP contribution in [-0.2, 0) is 21.2 Å². The second-order valence-corrected chi connectivity index (χ2v) is 9.35. The molecule has 2 aliphatic rings. The first-order chi connectivity index (χ1) is 14.0. The highest BCUT2D eigenvalue weighted by molar-refractivity contribution is 7.95.